The summed E-state index contributed by atoms with van der Waals surface area (Å²) < 4.78 is 0. The summed E-state index contributed by atoms with van der Waals surface area (Å²) in [5, 5.41) is 24.0. The molecule has 0 radical (unpaired) electrons. The van der Waals surface area contributed by atoms with Gasteiger partial charge in [-0.05, 0) is 19.9 Å². The lowest BCUT2D eigenvalue weighted by Crippen LogP contribution is -2.55. The van der Waals surface area contributed by atoms with Crippen molar-refractivity contribution >= 4 is 23.5 Å². The van der Waals surface area contributed by atoms with Crippen LogP contribution in [0.15, 0.2) is 29.3 Å². The van der Waals surface area contributed by atoms with Crippen LogP contribution in [0.4, 0.5) is 5.69 Å². The van der Waals surface area contributed by atoms with Crippen molar-refractivity contribution in [3.05, 3.63) is 39.9 Å². The smallest absolute Gasteiger partial charge is 0.283 e. The molecule has 2 N–H and O–H groups in total. The van der Waals surface area contributed by atoms with E-state index in [1.807, 2.05) is 0 Å². The van der Waals surface area contributed by atoms with Crippen molar-refractivity contribution in [2.75, 3.05) is 6.54 Å². The Morgan fingerprint density at radius 1 is 1.55 bits per heavy atom. The van der Waals surface area contributed by atoms with Gasteiger partial charge in [-0.1, -0.05) is 29.8 Å². The highest BCUT2D eigenvalue weighted by molar-refractivity contribution is 6.26. The highest BCUT2D eigenvalue weighted by Gasteiger charge is 2.49. The third-order valence-corrected chi connectivity index (χ3v) is 3.62. The molecule has 6 nitrogen and oxygen atoms in total. The van der Waals surface area contributed by atoms with Gasteiger partial charge in [0.15, 0.2) is 5.00 Å². The van der Waals surface area contributed by atoms with Gasteiger partial charge in [-0.15, -0.1) is 0 Å². The van der Waals surface area contributed by atoms with Gasteiger partial charge in [0.1, 0.15) is 0 Å². The summed E-state index contributed by atoms with van der Waals surface area (Å²) in [6, 6.07) is 5.77. The number of aliphatic hydroxyl groups is 1. The van der Waals surface area contributed by atoms with E-state index in [-0.39, 0.29) is 6.54 Å². The Kier molecular flexibility index (Phi) is 3.82. The van der Waals surface area contributed by atoms with Gasteiger partial charge in [-0.3, -0.25) is 20.4 Å². The molecule has 2 rings (SSSR count). The third kappa shape index (κ3) is 2.82. The molecule has 1 aromatic rings. The van der Waals surface area contributed by atoms with E-state index in [0.717, 1.165) is 0 Å². The largest absolute Gasteiger partial charge is 0.389 e. The molecule has 0 aliphatic carbocycles. The number of halogens is 1. The van der Waals surface area contributed by atoms with E-state index in [9.17, 15) is 15.2 Å². The minimum Gasteiger partial charge on any atom is -0.389 e. The molecule has 2 atom stereocenters. The minimum atomic E-state index is -1.43. The van der Waals surface area contributed by atoms with Gasteiger partial charge in [0.25, 0.3) is 6.04 Å². The van der Waals surface area contributed by atoms with E-state index in [0.29, 0.717) is 11.3 Å². The number of nitro groups is 1. The zero-order chi connectivity index (χ0) is 15.0. The zero-order valence-corrected chi connectivity index (χ0v) is 12.0. The van der Waals surface area contributed by atoms with E-state index in [1.54, 1.807) is 38.1 Å². The third-order valence-electron chi connectivity index (χ3n) is 3.06. The summed E-state index contributed by atoms with van der Waals surface area (Å²) in [5.41, 5.74) is 0.0889. The van der Waals surface area contributed by atoms with Crippen molar-refractivity contribution in [3.8, 4) is 0 Å². The van der Waals surface area contributed by atoms with E-state index >= 15 is 0 Å². The fraction of sp³-hybridized carbons (Fsp3) is 0.462. The Morgan fingerprint density at radius 3 is 2.80 bits per heavy atom. The van der Waals surface area contributed by atoms with Crippen molar-refractivity contribution in [1.82, 2.24) is 5.32 Å². The van der Waals surface area contributed by atoms with Crippen LogP contribution in [0.2, 0.25) is 0 Å². The molecule has 1 aromatic carbocycles. The molecule has 1 aliphatic rings. The summed E-state index contributed by atoms with van der Waals surface area (Å²) >= 11 is 6.52. The predicted octanol–water partition coefficient (Wildman–Crippen LogP) is 1.80. The first kappa shape index (κ1) is 14.9. The number of nitrogens with one attached hydrogen (secondary N) is 1. The average molecular weight is 298 g/mol. The number of para-hydroxylation sites is 1. The summed E-state index contributed by atoms with van der Waals surface area (Å²) in [6.45, 7) is 3.32. The van der Waals surface area contributed by atoms with Crippen LogP contribution in [-0.2, 0) is 5.00 Å². The number of hydrogen-bond acceptors (Lipinski definition) is 5. The Morgan fingerprint density at radius 2 is 2.20 bits per heavy atom. The standard InChI is InChI=1S/C13H16ClN3O3/c1-12(2,18)8-16-13(14)9-5-3-4-6-10(9)15-7-11(13)17(19)20/h3-7,11,16,18H,8H2,1-2H3. The van der Waals surface area contributed by atoms with Gasteiger partial charge in [-0.25, -0.2) is 0 Å². The average Bonchev–Trinajstić information content (AvgIpc) is 2.36. The Labute approximate surface area is 121 Å². The van der Waals surface area contributed by atoms with Crippen LogP contribution in [-0.4, -0.2) is 34.4 Å². The molecule has 0 saturated carbocycles. The molecule has 2 unspecified atom stereocenters. The Balaban J connectivity index is 2.43. The molecule has 20 heavy (non-hydrogen) atoms. The molecule has 7 heteroatoms. The number of benzene rings is 1. The molecular weight excluding hydrogens is 282 g/mol. The molecule has 0 saturated heterocycles. The van der Waals surface area contributed by atoms with Gasteiger partial charge in [0.2, 0.25) is 0 Å². The summed E-state index contributed by atoms with van der Waals surface area (Å²) in [6.07, 6.45) is 1.23. The molecular formula is C13H16ClN3O3. The van der Waals surface area contributed by atoms with Crippen LogP contribution in [0.25, 0.3) is 0 Å². The molecule has 108 valence electrons. The van der Waals surface area contributed by atoms with Crippen molar-refractivity contribution in [1.29, 1.82) is 0 Å². The molecule has 1 heterocycles. The van der Waals surface area contributed by atoms with E-state index < -0.39 is 21.6 Å². The lowest BCUT2D eigenvalue weighted by Gasteiger charge is -2.34. The maximum Gasteiger partial charge on any atom is 0.283 e. The normalized spacial score (nSPS) is 25.3. The molecule has 0 aromatic heterocycles. The highest BCUT2D eigenvalue weighted by atomic mass is 35.5. The maximum atomic E-state index is 11.2. The van der Waals surface area contributed by atoms with Gasteiger partial charge in [0.05, 0.1) is 17.5 Å². The van der Waals surface area contributed by atoms with Gasteiger partial charge >= 0.3 is 0 Å². The van der Waals surface area contributed by atoms with Crippen molar-refractivity contribution in [3.63, 3.8) is 0 Å². The number of nitrogens with zero attached hydrogens (tertiary/aromatic N) is 2. The summed E-state index contributed by atoms with van der Waals surface area (Å²) in [7, 11) is 0. The fourth-order valence-corrected chi connectivity index (χ4v) is 2.41. The number of hydrogen-bond donors (Lipinski definition) is 2. The molecule has 0 amide bonds. The number of aliphatic imine (C=N–C) groups is 1. The SMILES string of the molecule is CC(C)(O)CNC1(Cl)c2ccccc2N=CC1[N+](=O)[O-]. The first-order valence-corrected chi connectivity index (χ1v) is 6.55. The van der Waals surface area contributed by atoms with Crippen molar-refractivity contribution in [2.24, 2.45) is 4.99 Å². The van der Waals surface area contributed by atoms with Crippen LogP contribution < -0.4 is 5.32 Å². The Bertz CT molecular complexity index is 556. The topological polar surface area (TPSA) is 87.8 Å². The minimum absolute atomic E-state index is 0.114. The monoisotopic (exact) mass is 297 g/mol. The summed E-state index contributed by atoms with van der Waals surface area (Å²) in [5.74, 6) is 0. The number of fused-ring (bicyclic) bond motifs is 1. The van der Waals surface area contributed by atoms with Crippen LogP contribution in [0.1, 0.15) is 19.4 Å². The summed E-state index contributed by atoms with van der Waals surface area (Å²) in [4.78, 5) is 13.4. The van der Waals surface area contributed by atoms with Crippen LogP contribution >= 0.6 is 11.6 Å². The Hall–Kier alpha value is -1.50. The van der Waals surface area contributed by atoms with E-state index in [1.165, 1.54) is 6.21 Å². The van der Waals surface area contributed by atoms with Gasteiger partial charge in [0, 0.05) is 17.0 Å². The second-order valence-corrected chi connectivity index (χ2v) is 6.00. The molecule has 0 bridgehead atoms. The van der Waals surface area contributed by atoms with Crippen LogP contribution in [0.3, 0.4) is 0 Å². The van der Waals surface area contributed by atoms with Crippen molar-refractivity contribution in [2.45, 2.75) is 30.5 Å². The van der Waals surface area contributed by atoms with Crippen molar-refractivity contribution < 1.29 is 10.0 Å². The van der Waals surface area contributed by atoms with E-state index in [4.69, 9.17) is 11.6 Å². The molecule has 0 spiro atoms. The first-order valence-electron chi connectivity index (χ1n) is 6.17. The van der Waals surface area contributed by atoms with Crippen LogP contribution in [0, 0.1) is 10.1 Å². The molecule has 1 aliphatic heterocycles. The highest BCUT2D eigenvalue weighted by Crippen LogP contribution is 2.40. The predicted molar refractivity (Wildman–Crippen MR) is 77.2 cm³/mol. The first-order chi connectivity index (χ1) is 9.24. The number of alkyl halides is 1. The fourth-order valence-electron chi connectivity index (χ4n) is 2.05. The zero-order valence-electron chi connectivity index (χ0n) is 11.2. The molecule has 0 fully saturated rings. The second kappa shape index (κ2) is 5.12. The van der Waals surface area contributed by atoms with E-state index in [2.05, 4.69) is 10.3 Å². The lowest BCUT2D eigenvalue weighted by molar-refractivity contribution is -0.510. The lowest BCUT2D eigenvalue weighted by atomic mass is 9.94. The second-order valence-electron chi connectivity index (χ2n) is 5.40. The van der Waals surface area contributed by atoms with Crippen LogP contribution in [0.5, 0.6) is 0 Å². The number of rotatable bonds is 4. The maximum absolute atomic E-state index is 11.2. The quantitative estimate of drug-likeness (QED) is 0.384. The van der Waals surface area contributed by atoms with Gasteiger partial charge < -0.3 is 5.11 Å². The van der Waals surface area contributed by atoms with Gasteiger partial charge in [-0.2, -0.15) is 0 Å².